The first-order valence-corrected chi connectivity index (χ1v) is 8.28. The van der Waals surface area contributed by atoms with Crippen LogP contribution in [0.1, 0.15) is 11.2 Å². The Hall–Kier alpha value is -1.93. The van der Waals surface area contributed by atoms with E-state index in [1.165, 1.54) is 6.08 Å². The summed E-state index contributed by atoms with van der Waals surface area (Å²) >= 11 is 0. The fourth-order valence-corrected chi connectivity index (χ4v) is 3.56. The first-order chi connectivity index (χ1) is 10.0. The Labute approximate surface area is 122 Å². The summed E-state index contributed by atoms with van der Waals surface area (Å²) in [6, 6.07) is 17.5. The number of benzene rings is 3. The standard InChI is InChI=1S/C17H15O3P/c1-2-17(21(18,19)20)15-9-5-8-14-10-12-6-3-4-7-13(12)11-16(14)15/h2-11,17H,1H2,(H2,18,19,20). The van der Waals surface area contributed by atoms with E-state index in [0.717, 1.165) is 21.5 Å². The van der Waals surface area contributed by atoms with E-state index in [2.05, 4.69) is 6.58 Å². The van der Waals surface area contributed by atoms with Crippen LogP contribution in [0.5, 0.6) is 0 Å². The van der Waals surface area contributed by atoms with Crippen molar-refractivity contribution < 1.29 is 14.4 Å². The third kappa shape index (κ3) is 2.52. The van der Waals surface area contributed by atoms with Crippen molar-refractivity contribution in [2.24, 2.45) is 0 Å². The van der Waals surface area contributed by atoms with Crippen LogP contribution >= 0.6 is 7.60 Å². The second kappa shape index (κ2) is 5.12. The Morgan fingerprint density at radius 1 is 0.952 bits per heavy atom. The number of hydrogen-bond donors (Lipinski definition) is 2. The van der Waals surface area contributed by atoms with Gasteiger partial charge in [-0.3, -0.25) is 4.57 Å². The normalized spacial score (nSPS) is 13.4. The van der Waals surface area contributed by atoms with Crippen LogP contribution in [-0.4, -0.2) is 9.79 Å². The third-order valence-corrected chi connectivity index (χ3v) is 4.90. The van der Waals surface area contributed by atoms with Gasteiger partial charge in [-0.25, -0.2) is 0 Å². The molecule has 21 heavy (non-hydrogen) atoms. The topological polar surface area (TPSA) is 57.5 Å². The summed E-state index contributed by atoms with van der Waals surface area (Å²) in [5.74, 6) is 0. The number of hydrogen-bond acceptors (Lipinski definition) is 1. The van der Waals surface area contributed by atoms with Crippen LogP contribution in [0.3, 0.4) is 0 Å². The molecular formula is C17H15O3P. The van der Waals surface area contributed by atoms with E-state index in [1.54, 1.807) is 6.07 Å². The van der Waals surface area contributed by atoms with Crippen molar-refractivity contribution in [2.45, 2.75) is 5.66 Å². The van der Waals surface area contributed by atoms with Gasteiger partial charge in [0.25, 0.3) is 0 Å². The Balaban J connectivity index is 2.35. The summed E-state index contributed by atoms with van der Waals surface area (Å²) in [6.07, 6.45) is 1.32. The third-order valence-electron chi connectivity index (χ3n) is 3.68. The quantitative estimate of drug-likeness (QED) is 0.428. The Morgan fingerprint density at radius 2 is 1.57 bits per heavy atom. The molecule has 0 heterocycles. The van der Waals surface area contributed by atoms with Crippen molar-refractivity contribution in [2.75, 3.05) is 0 Å². The summed E-state index contributed by atoms with van der Waals surface area (Å²) in [5, 5.41) is 3.97. The summed E-state index contributed by atoms with van der Waals surface area (Å²) in [7, 11) is -4.28. The van der Waals surface area contributed by atoms with Crippen LogP contribution in [-0.2, 0) is 4.57 Å². The molecule has 4 heteroatoms. The maximum absolute atomic E-state index is 11.7. The summed E-state index contributed by atoms with van der Waals surface area (Å²) in [4.78, 5) is 19.1. The molecule has 0 saturated carbocycles. The molecule has 0 aliphatic heterocycles. The summed E-state index contributed by atoms with van der Waals surface area (Å²) < 4.78 is 11.7. The highest BCUT2D eigenvalue weighted by Gasteiger charge is 2.28. The molecule has 0 radical (unpaired) electrons. The molecule has 106 valence electrons. The van der Waals surface area contributed by atoms with Gasteiger partial charge in [-0.15, -0.1) is 6.58 Å². The first kappa shape index (κ1) is 14.0. The number of rotatable bonds is 3. The largest absolute Gasteiger partial charge is 0.336 e. The van der Waals surface area contributed by atoms with Crippen molar-refractivity contribution in [3.05, 3.63) is 72.8 Å². The number of fused-ring (bicyclic) bond motifs is 2. The fourth-order valence-electron chi connectivity index (χ4n) is 2.69. The lowest BCUT2D eigenvalue weighted by atomic mass is 9.98. The van der Waals surface area contributed by atoms with Crippen LogP contribution in [0, 0.1) is 0 Å². The molecule has 0 fully saturated rings. The molecule has 0 amide bonds. The van der Waals surface area contributed by atoms with Crippen LogP contribution < -0.4 is 0 Å². The van der Waals surface area contributed by atoms with Gasteiger partial charge in [0.05, 0.1) is 0 Å². The van der Waals surface area contributed by atoms with Crippen molar-refractivity contribution in [3.63, 3.8) is 0 Å². The molecule has 3 nitrogen and oxygen atoms in total. The van der Waals surface area contributed by atoms with E-state index >= 15 is 0 Å². The van der Waals surface area contributed by atoms with Gasteiger partial charge in [0.2, 0.25) is 0 Å². The molecular weight excluding hydrogens is 283 g/mol. The Morgan fingerprint density at radius 3 is 2.19 bits per heavy atom. The van der Waals surface area contributed by atoms with Gasteiger partial charge in [-0.1, -0.05) is 48.5 Å². The lowest BCUT2D eigenvalue weighted by Gasteiger charge is -2.17. The van der Waals surface area contributed by atoms with Gasteiger partial charge in [0.1, 0.15) is 5.66 Å². The van der Waals surface area contributed by atoms with Crippen molar-refractivity contribution in [1.29, 1.82) is 0 Å². The highest BCUT2D eigenvalue weighted by atomic mass is 31.2. The molecule has 0 bridgehead atoms. The second-order valence-corrected chi connectivity index (χ2v) is 6.77. The van der Waals surface area contributed by atoms with Crippen LogP contribution in [0.15, 0.2) is 67.3 Å². The SMILES string of the molecule is C=CC(c1cccc2cc3ccccc3cc12)P(=O)(O)O. The summed E-state index contributed by atoms with van der Waals surface area (Å²) in [5.41, 5.74) is -0.371. The predicted octanol–water partition coefficient (Wildman–Crippen LogP) is 4.40. The fraction of sp³-hybridized carbons (Fsp3) is 0.0588. The Bertz CT molecular complexity index is 879. The van der Waals surface area contributed by atoms with Gasteiger partial charge < -0.3 is 9.79 Å². The molecule has 2 N–H and O–H groups in total. The van der Waals surface area contributed by atoms with Crippen LogP contribution in [0.4, 0.5) is 0 Å². The summed E-state index contributed by atoms with van der Waals surface area (Å²) in [6.45, 7) is 3.58. The van der Waals surface area contributed by atoms with Gasteiger partial charge in [0, 0.05) is 0 Å². The molecule has 3 aromatic rings. The smallest absolute Gasteiger partial charge is 0.324 e. The zero-order valence-corrected chi connectivity index (χ0v) is 12.2. The molecule has 3 rings (SSSR count). The molecule has 1 unspecified atom stereocenters. The van der Waals surface area contributed by atoms with Gasteiger partial charge in [-0.2, -0.15) is 0 Å². The van der Waals surface area contributed by atoms with E-state index in [-0.39, 0.29) is 0 Å². The van der Waals surface area contributed by atoms with E-state index in [9.17, 15) is 14.4 Å². The zero-order valence-electron chi connectivity index (χ0n) is 11.3. The highest BCUT2D eigenvalue weighted by Crippen LogP contribution is 2.53. The average molecular weight is 298 g/mol. The van der Waals surface area contributed by atoms with E-state index < -0.39 is 13.3 Å². The van der Waals surface area contributed by atoms with E-state index in [1.807, 2.05) is 48.5 Å². The minimum absolute atomic E-state index is 0.613. The average Bonchev–Trinajstić information content (AvgIpc) is 2.45. The maximum Gasteiger partial charge on any atom is 0.336 e. The van der Waals surface area contributed by atoms with Gasteiger partial charge >= 0.3 is 7.60 Å². The molecule has 0 spiro atoms. The minimum Gasteiger partial charge on any atom is -0.324 e. The first-order valence-electron chi connectivity index (χ1n) is 6.60. The lowest BCUT2D eigenvalue weighted by molar-refractivity contribution is 0.366. The Kier molecular flexibility index (Phi) is 3.42. The van der Waals surface area contributed by atoms with Crippen molar-refractivity contribution in [1.82, 2.24) is 0 Å². The minimum atomic E-state index is -4.28. The van der Waals surface area contributed by atoms with Gasteiger partial charge in [0.15, 0.2) is 0 Å². The highest BCUT2D eigenvalue weighted by molar-refractivity contribution is 7.52. The molecule has 0 aliphatic carbocycles. The maximum atomic E-state index is 11.7. The second-order valence-electron chi connectivity index (χ2n) is 5.04. The predicted molar refractivity (Wildman–Crippen MR) is 86.4 cm³/mol. The van der Waals surface area contributed by atoms with Crippen LogP contribution in [0.2, 0.25) is 0 Å². The van der Waals surface area contributed by atoms with Crippen molar-refractivity contribution in [3.8, 4) is 0 Å². The molecule has 3 aromatic carbocycles. The van der Waals surface area contributed by atoms with Gasteiger partial charge in [-0.05, 0) is 39.2 Å². The zero-order chi connectivity index (χ0) is 15.0. The molecule has 0 aromatic heterocycles. The monoisotopic (exact) mass is 298 g/mol. The molecule has 0 aliphatic rings. The van der Waals surface area contributed by atoms with Crippen LogP contribution in [0.25, 0.3) is 21.5 Å². The number of allylic oxidation sites excluding steroid dienone is 1. The van der Waals surface area contributed by atoms with E-state index in [0.29, 0.717) is 5.56 Å². The van der Waals surface area contributed by atoms with E-state index in [4.69, 9.17) is 0 Å². The molecule has 0 saturated heterocycles. The molecule has 1 atom stereocenters. The lowest BCUT2D eigenvalue weighted by Crippen LogP contribution is -1.97. The van der Waals surface area contributed by atoms with Crippen molar-refractivity contribution >= 4 is 29.1 Å².